The molecular formula is C13H10N2O3S. The number of thiophene rings is 1. The zero-order valence-electron chi connectivity index (χ0n) is 9.83. The van der Waals surface area contributed by atoms with Gasteiger partial charge in [0.15, 0.2) is 4.83 Å². The van der Waals surface area contributed by atoms with Gasteiger partial charge in [-0.2, -0.15) is 0 Å². The van der Waals surface area contributed by atoms with Gasteiger partial charge in [0.25, 0.3) is 5.56 Å². The van der Waals surface area contributed by atoms with E-state index in [9.17, 15) is 9.59 Å². The zero-order chi connectivity index (χ0) is 13.2. The topological polar surface area (TPSA) is 64.1 Å². The Hall–Kier alpha value is -2.34. The number of aromatic nitrogens is 2. The average Bonchev–Trinajstić information content (AvgIpc) is 2.89. The second-order valence-corrected chi connectivity index (χ2v) is 4.85. The van der Waals surface area contributed by atoms with Gasteiger partial charge in [0.1, 0.15) is 6.61 Å². The molecule has 0 aliphatic heterocycles. The maximum Gasteiger partial charge on any atom is 0.362 e. The van der Waals surface area contributed by atoms with Crippen molar-refractivity contribution in [2.24, 2.45) is 0 Å². The second-order valence-electron chi connectivity index (χ2n) is 3.95. The minimum atomic E-state index is -0.559. The number of aromatic amines is 1. The SMILES string of the molecule is O=c1[nH]c(=O)n(OCc2ccccc2)c2sccc12. The highest BCUT2D eigenvalue weighted by Crippen LogP contribution is 2.14. The van der Waals surface area contributed by atoms with Gasteiger partial charge < -0.3 is 4.84 Å². The molecule has 0 spiro atoms. The highest BCUT2D eigenvalue weighted by molar-refractivity contribution is 7.16. The Kier molecular flexibility index (Phi) is 2.92. The molecule has 0 unspecified atom stereocenters. The molecule has 2 heterocycles. The molecule has 1 N–H and O–H groups in total. The van der Waals surface area contributed by atoms with Crippen LogP contribution in [0.2, 0.25) is 0 Å². The van der Waals surface area contributed by atoms with Crippen molar-refractivity contribution < 1.29 is 4.84 Å². The number of rotatable bonds is 3. The van der Waals surface area contributed by atoms with E-state index >= 15 is 0 Å². The number of hydrogen-bond donors (Lipinski definition) is 1. The van der Waals surface area contributed by atoms with E-state index in [0.717, 1.165) is 10.3 Å². The van der Waals surface area contributed by atoms with E-state index in [1.54, 1.807) is 11.4 Å². The second kappa shape index (κ2) is 4.74. The van der Waals surface area contributed by atoms with Crippen molar-refractivity contribution in [2.75, 3.05) is 0 Å². The summed E-state index contributed by atoms with van der Waals surface area (Å²) in [5.41, 5.74) is 0.00185. The van der Waals surface area contributed by atoms with Crippen LogP contribution in [0.5, 0.6) is 0 Å². The van der Waals surface area contributed by atoms with Crippen molar-refractivity contribution in [3.8, 4) is 0 Å². The first-order chi connectivity index (χ1) is 9.25. The van der Waals surface area contributed by atoms with E-state index in [-0.39, 0.29) is 12.2 Å². The molecule has 2 aromatic heterocycles. The lowest BCUT2D eigenvalue weighted by molar-refractivity contribution is 0.0971. The third-order valence-corrected chi connectivity index (χ3v) is 3.56. The van der Waals surface area contributed by atoms with Gasteiger partial charge in [-0.1, -0.05) is 30.3 Å². The van der Waals surface area contributed by atoms with Crippen LogP contribution in [-0.2, 0) is 6.61 Å². The Balaban J connectivity index is 1.99. The number of benzene rings is 1. The van der Waals surface area contributed by atoms with Gasteiger partial charge in [0, 0.05) is 0 Å². The Labute approximate surface area is 111 Å². The van der Waals surface area contributed by atoms with Crippen LogP contribution in [0.1, 0.15) is 5.56 Å². The van der Waals surface area contributed by atoms with Crippen molar-refractivity contribution in [1.29, 1.82) is 0 Å². The molecule has 0 fully saturated rings. The summed E-state index contributed by atoms with van der Waals surface area (Å²) in [6, 6.07) is 11.2. The molecule has 0 saturated carbocycles. The molecule has 5 nitrogen and oxygen atoms in total. The van der Waals surface area contributed by atoms with Gasteiger partial charge in [0.05, 0.1) is 5.39 Å². The number of hydrogen-bond acceptors (Lipinski definition) is 4. The monoisotopic (exact) mass is 274 g/mol. The Bertz CT molecular complexity index is 817. The summed E-state index contributed by atoms with van der Waals surface area (Å²) in [6.07, 6.45) is 0. The highest BCUT2D eigenvalue weighted by atomic mass is 32.1. The zero-order valence-corrected chi connectivity index (χ0v) is 10.6. The molecule has 0 aliphatic carbocycles. The quantitative estimate of drug-likeness (QED) is 0.784. The lowest BCUT2D eigenvalue weighted by Gasteiger charge is -2.08. The Morgan fingerprint density at radius 2 is 1.95 bits per heavy atom. The van der Waals surface area contributed by atoms with E-state index in [4.69, 9.17) is 4.84 Å². The van der Waals surface area contributed by atoms with Gasteiger partial charge in [-0.3, -0.25) is 9.78 Å². The Morgan fingerprint density at radius 3 is 2.74 bits per heavy atom. The molecule has 0 aliphatic rings. The fourth-order valence-electron chi connectivity index (χ4n) is 1.77. The van der Waals surface area contributed by atoms with E-state index < -0.39 is 5.69 Å². The van der Waals surface area contributed by atoms with Crippen molar-refractivity contribution >= 4 is 21.6 Å². The van der Waals surface area contributed by atoms with Gasteiger partial charge >= 0.3 is 5.69 Å². The van der Waals surface area contributed by atoms with E-state index in [1.165, 1.54) is 11.3 Å². The molecule has 19 heavy (non-hydrogen) atoms. The normalized spacial score (nSPS) is 10.7. The number of H-pyrrole nitrogens is 1. The first kappa shape index (κ1) is 11.7. The molecule has 0 radical (unpaired) electrons. The van der Waals surface area contributed by atoms with E-state index in [0.29, 0.717) is 10.2 Å². The first-order valence-electron chi connectivity index (χ1n) is 5.65. The fourth-order valence-corrected chi connectivity index (χ4v) is 2.62. The van der Waals surface area contributed by atoms with Gasteiger partial charge in [-0.15, -0.1) is 16.1 Å². The Morgan fingerprint density at radius 1 is 1.16 bits per heavy atom. The highest BCUT2D eigenvalue weighted by Gasteiger charge is 2.09. The summed E-state index contributed by atoms with van der Waals surface area (Å²) in [5, 5.41) is 2.21. The molecule has 6 heteroatoms. The molecule has 3 aromatic rings. The molecule has 0 atom stereocenters. The number of fused-ring (bicyclic) bond motifs is 1. The molecule has 96 valence electrons. The lowest BCUT2D eigenvalue weighted by Crippen LogP contribution is -2.33. The van der Waals surface area contributed by atoms with Crippen LogP contribution in [0.4, 0.5) is 0 Å². The van der Waals surface area contributed by atoms with E-state index in [1.807, 2.05) is 30.3 Å². The van der Waals surface area contributed by atoms with Crippen molar-refractivity contribution in [2.45, 2.75) is 6.61 Å². The van der Waals surface area contributed by atoms with E-state index in [2.05, 4.69) is 4.98 Å². The fraction of sp³-hybridized carbons (Fsp3) is 0.0769. The lowest BCUT2D eigenvalue weighted by atomic mass is 10.2. The number of nitrogens with zero attached hydrogens (tertiary/aromatic N) is 1. The predicted molar refractivity (Wildman–Crippen MR) is 73.4 cm³/mol. The maximum atomic E-state index is 11.8. The maximum absolute atomic E-state index is 11.8. The molecule has 0 bridgehead atoms. The minimum Gasteiger partial charge on any atom is -0.403 e. The molecular weight excluding hydrogens is 264 g/mol. The average molecular weight is 274 g/mol. The standard InChI is InChI=1S/C13H10N2O3S/c16-11-10-6-7-19-12(10)15(13(17)14-11)18-8-9-4-2-1-3-5-9/h1-7H,8H2,(H,14,16,17). The van der Waals surface area contributed by atoms with Gasteiger partial charge in [-0.25, -0.2) is 4.79 Å². The van der Waals surface area contributed by atoms with Crippen LogP contribution in [0.25, 0.3) is 10.2 Å². The third kappa shape index (κ3) is 2.17. The van der Waals surface area contributed by atoms with Crippen LogP contribution >= 0.6 is 11.3 Å². The molecule has 0 saturated heterocycles. The summed E-state index contributed by atoms with van der Waals surface area (Å²) in [6.45, 7) is 0.264. The predicted octanol–water partition coefficient (Wildman–Crippen LogP) is 1.38. The van der Waals surface area contributed by atoms with Crippen molar-refractivity contribution in [3.05, 3.63) is 68.2 Å². The summed E-state index contributed by atoms with van der Waals surface area (Å²) < 4.78 is 1.13. The molecule has 0 amide bonds. The first-order valence-corrected chi connectivity index (χ1v) is 6.53. The minimum absolute atomic E-state index is 0.264. The smallest absolute Gasteiger partial charge is 0.362 e. The van der Waals surface area contributed by atoms with Crippen LogP contribution in [0, 0.1) is 0 Å². The van der Waals surface area contributed by atoms with Crippen molar-refractivity contribution in [1.82, 2.24) is 9.71 Å². The van der Waals surface area contributed by atoms with Crippen LogP contribution in [0.3, 0.4) is 0 Å². The molecule has 1 aromatic carbocycles. The van der Waals surface area contributed by atoms with Gasteiger partial charge in [-0.05, 0) is 17.0 Å². The largest absolute Gasteiger partial charge is 0.403 e. The van der Waals surface area contributed by atoms with Crippen LogP contribution < -0.4 is 16.1 Å². The molecule has 3 rings (SSSR count). The number of nitrogens with one attached hydrogen (secondary N) is 1. The third-order valence-electron chi connectivity index (χ3n) is 2.68. The summed E-state index contributed by atoms with van der Waals surface area (Å²) in [5.74, 6) is 0. The van der Waals surface area contributed by atoms with Crippen LogP contribution in [-0.4, -0.2) is 9.71 Å². The van der Waals surface area contributed by atoms with Crippen LogP contribution in [0.15, 0.2) is 51.4 Å². The van der Waals surface area contributed by atoms with Crippen molar-refractivity contribution in [3.63, 3.8) is 0 Å². The summed E-state index contributed by atoms with van der Waals surface area (Å²) in [4.78, 5) is 31.6. The summed E-state index contributed by atoms with van der Waals surface area (Å²) in [7, 11) is 0. The summed E-state index contributed by atoms with van der Waals surface area (Å²) >= 11 is 1.30. The van der Waals surface area contributed by atoms with Gasteiger partial charge in [0.2, 0.25) is 0 Å².